The highest BCUT2D eigenvalue weighted by Crippen LogP contribution is 2.74. The normalized spacial score (nSPS) is 48.2. The summed E-state index contributed by atoms with van der Waals surface area (Å²) in [5, 5.41) is 12.1. The van der Waals surface area contributed by atoms with Crippen molar-refractivity contribution in [1.29, 1.82) is 0 Å². The van der Waals surface area contributed by atoms with Crippen LogP contribution in [0.1, 0.15) is 65.9 Å². The maximum Gasteiger partial charge on any atom is 0.333 e. The summed E-state index contributed by atoms with van der Waals surface area (Å²) in [7, 11) is 0. The lowest BCUT2D eigenvalue weighted by Gasteiger charge is -2.66. The van der Waals surface area contributed by atoms with E-state index in [-0.39, 0.29) is 34.9 Å². The minimum Gasteiger partial charge on any atom is -0.472 e. The second-order valence-electron chi connectivity index (χ2n) is 12.9. The zero-order valence-corrected chi connectivity index (χ0v) is 22.6. The van der Waals surface area contributed by atoms with Crippen LogP contribution >= 0.6 is 0 Å². The molecule has 2 heterocycles. The Bertz CT molecular complexity index is 1240. The van der Waals surface area contributed by atoms with E-state index >= 15 is 0 Å². The van der Waals surface area contributed by atoms with Gasteiger partial charge in [-0.25, -0.2) is 4.79 Å². The van der Waals surface area contributed by atoms with Gasteiger partial charge in [-0.3, -0.25) is 4.79 Å². The highest BCUT2D eigenvalue weighted by Gasteiger charge is 2.76. The van der Waals surface area contributed by atoms with Gasteiger partial charge in [-0.05, 0) is 50.3 Å². The van der Waals surface area contributed by atoms with Gasteiger partial charge in [-0.1, -0.05) is 51.5 Å². The quantitative estimate of drug-likeness (QED) is 0.347. The van der Waals surface area contributed by atoms with E-state index in [1.54, 1.807) is 31.6 Å². The lowest BCUT2D eigenvalue weighted by atomic mass is 9.37. The number of ketones is 1. The van der Waals surface area contributed by atoms with Crippen molar-refractivity contribution in [3.63, 3.8) is 0 Å². The largest absolute Gasteiger partial charge is 0.472 e. The zero-order chi connectivity index (χ0) is 26.5. The van der Waals surface area contributed by atoms with Gasteiger partial charge < -0.3 is 19.0 Å². The maximum absolute atomic E-state index is 13.8. The van der Waals surface area contributed by atoms with Gasteiger partial charge in [0.25, 0.3) is 0 Å². The molecule has 1 aromatic rings. The zero-order valence-electron chi connectivity index (χ0n) is 22.6. The third-order valence-electron chi connectivity index (χ3n) is 11.3. The molecule has 0 bridgehead atoms. The smallest absolute Gasteiger partial charge is 0.333 e. The molecule has 6 nitrogen and oxygen atoms in total. The van der Waals surface area contributed by atoms with Crippen LogP contribution in [0.15, 0.2) is 58.5 Å². The molecule has 1 saturated heterocycles. The Kier molecular flexibility index (Phi) is 5.24. The summed E-state index contributed by atoms with van der Waals surface area (Å²) in [6, 6.07) is 1.98. The molecule has 6 heteroatoms. The van der Waals surface area contributed by atoms with Gasteiger partial charge in [0, 0.05) is 39.1 Å². The summed E-state index contributed by atoms with van der Waals surface area (Å²) < 4.78 is 18.2. The molecule has 1 N–H and O–H groups in total. The van der Waals surface area contributed by atoms with Crippen LogP contribution in [0, 0.1) is 33.5 Å². The Morgan fingerprint density at radius 2 is 1.95 bits per heavy atom. The Morgan fingerprint density at radius 1 is 1.19 bits per heavy atom. The Morgan fingerprint density at radius 3 is 2.62 bits per heavy atom. The molecule has 2 saturated carbocycles. The number of hydrogen-bond acceptors (Lipinski definition) is 6. The van der Waals surface area contributed by atoms with Gasteiger partial charge >= 0.3 is 5.97 Å². The highest BCUT2D eigenvalue weighted by molar-refractivity contribution is 5.97. The first-order valence-electron chi connectivity index (χ1n) is 13.5. The SMILES string of the molecule is C/C=C(/C)C(=O)O[C@H]1C[C@H]2[C@](C)(C3=CC[C@@H](c4ccoc4)[C@@]31C)[C@H](O)[C@@H]1OC[C@]3(C)C=CC(=O)[C@@]2(C)[C@@H]13. The van der Waals surface area contributed by atoms with Gasteiger partial charge in [-0.15, -0.1) is 0 Å². The fourth-order valence-electron chi connectivity index (χ4n) is 9.29. The minimum absolute atomic E-state index is 0.0252. The lowest BCUT2D eigenvalue weighted by molar-refractivity contribution is -0.215. The molecule has 0 amide bonds. The molecule has 0 unspecified atom stereocenters. The monoisotopic (exact) mass is 506 g/mol. The molecule has 37 heavy (non-hydrogen) atoms. The highest BCUT2D eigenvalue weighted by atomic mass is 16.5. The van der Waals surface area contributed by atoms with Crippen LogP contribution in [0.5, 0.6) is 0 Å². The minimum atomic E-state index is -0.778. The predicted molar refractivity (Wildman–Crippen MR) is 137 cm³/mol. The van der Waals surface area contributed by atoms with E-state index < -0.39 is 34.6 Å². The van der Waals surface area contributed by atoms with Crippen molar-refractivity contribution in [3.8, 4) is 0 Å². The Hall–Kier alpha value is -2.44. The molecule has 0 spiro atoms. The predicted octanol–water partition coefficient (Wildman–Crippen LogP) is 5.14. The first-order chi connectivity index (χ1) is 17.4. The van der Waals surface area contributed by atoms with Crippen molar-refractivity contribution >= 4 is 11.8 Å². The number of fused-ring (bicyclic) bond motifs is 4. The number of furan rings is 1. The molecule has 1 aromatic heterocycles. The van der Waals surface area contributed by atoms with E-state index in [4.69, 9.17) is 13.9 Å². The summed E-state index contributed by atoms with van der Waals surface area (Å²) in [4.78, 5) is 27.0. The molecule has 10 atom stereocenters. The van der Waals surface area contributed by atoms with Gasteiger partial charge in [0.1, 0.15) is 6.10 Å². The number of aliphatic hydroxyl groups is 1. The van der Waals surface area contributed by atoms with Gasteiger partial charge in [-0.2, -0.15) is 0 Å². The van der Waals surface area contributed by atoms with Crippen LogP contribution in [0.2, 0.25) is 0 Å². The van der Waals surface area contributed by atoms with Crippen molar-refractivity contribution < 1.29 is 28.6 Å². The summed E-state index contributed by atoms with van der Waals surface area (Å²) in [6.07, 6.45) is 10.7. The van der Waals surface area contributed by atoms with Gasteiger partial charge in [0.05, 0.1) is 31.3 Å². The van der Waals surface area contributed by atoms with E-state index in [1.807, 2.05) is 19.1 Å². The molecular formula is C31H38O6. The van der Waals surface area contributed by atoms with Crippen LogP contribution < -0.4 is 0 Å². The fourth-order valence-corrected chi connectivity index (χ4v) is 9.29. The molecular weight excluding hydrogens is 468 g/mol. The fraction of sp³-hybridized carbons (Fsp3) is 0.613. The molecule has 4 aliphatic carbocycles. The number of allylic oxidation sites excluding steroid dienone is 3. The number of aliphatic hydroxyl groups excluding tert-OH is 1. The number of rotatable bonds is 3. The van der Waals surface area contributed by atoms with E-state index in [1.165, 1.54) is 0 Å². The van der Waals surface area contributed by atoms with Crippen LogP contribution in [0.4, 0.5) is 0 Å². The first kappa shape index (κ1) is 24.9. The summed E-state index contributed by atoms with van der Waals surface area (Å²) >= 11 is 0. The number of carbonyl (C=O) groups excluding carboxylic acids is 2. The van der Waals surface area contributed by atoms with Crippen LogP contribution in [0.25, 0.3) is 0 Å². The lowest BCUT2D eigenvalue weighted by Crippen LogP contribution is -2.71. The molecule has 0 aromatic carbocycles. The van der Waals surface area contributed by atoms with E-state index in [2.05, 4.69) is 33.8 Å². The molecule has 5 aliphatic rings. The summed E-state index contributed by atoms with van der Waals surface area (Å²) in [6.45, 7) is 12.6. The second-order valence-corrected chi connectivity index (χ2v) is 12.9. The van der Waals surface area contributed by atoms with E-state index in [0.717, 1.165) is 17.6 Å². The molecule has 198 valence electrons. The molecule has 1 aliphatic heterocycles. The van der Waals surface area contributed by atoms with Crippen LogP contribution in [0.3, 0.4) is 0 Å². The van der Waals surface area contributed by atoms with Crippen molar-refractivity contribution in [2.45, 2.75) is 78.6 Å². The number of esters is 1. The topological polar surface area (TPSA) is 86.0 Å². The number of hydrogen-bond donors (Lipinski definition) is 1. The van der Waals surface area contributed by atoms with Crippen molar-refractivity contribution in [3.05, 3.63) is 59.6 Å². The summed E-state index contributed by atoms with van der Waals surface area (Å²) in [5.41, 5.74) is 0.318. The average Bonchev–Trinajstić information content (AvgIpc) is 3.60. The van der Waals surface area contributed by atoms with Gasteiger partial charge in [0.2, 0.25) is 0 Å². The van der Waals surface area contributed by atoms with Gasteiger partial charge in [0.15, 0.2) is 5.78 Å². The van der Waals surface area contributed by atoms with Crippen molar-refractivity contribution in [2.75, 3.05) is 6.61 Å². The van der Waals surface area contributed by atoms with Crippen molar-refractivity contribution in [2.24, 2.45) is 33.5 Å². The Labute approximate surface area is 218 Å². The number of ether oxygens (including phenoxy) is 2. The standard InChI is InChI=1S/C31H38O6/c1-7-17(2)27(34)37-23-14-21-30(5,20-9-8-19(29(20,23)4)18-11-13-35-15-18)26(33)24-25-28(3,16-36-24)12-10-22(32)31(21,25)6/h7,9-13,15,19,21,23-26,33H,8,14,16H2,1-6H3/b17-7-/t19-,21-,23-,24+,25-,26+,28-,29-,30-,31-/m0/s1. The second kappa shape index (κ2) is 7.79. The van der Waals surface area contributed by atoms with Crippen LogP contribution in [-0.2, 0) is 19.1 Å². The van der Waals surface area contributed by atoms with E-state index in [0.29, 0.717) is 18.6 Å². The molecule has 3 fully saturated rings. The van der Waals surface area contributed by atoms with Crippen molar-refractivity contribution in [1.82, 2.24) is 0 Å². The maximum atomic E-state index is 13.8. The van der Waals surface area contributed by atoms with E-state index in [9.17, 15) is 14.7 Å². The Balaban J connectivity index is 1.54. The first-order valence-corrected chi connectivity index (χ1v) is 13.5. The van der Waals surface area contributed by atoms with Crippen LogP contribution in [-0.4, -0.2) is 41.8 Å². The summed E-state index contributed by atoms with van der Waals surface area (Å²) in [5.74, 6) is -0.594. The molecule has 6 rings (SSSR count). The molecule has 0 radical (unpaired) electrons. The third-order valence-corrected chi connectivity index (χ3v) is 11.3. The number of carbonyl (C=O) groups is 2. The average molecular weight is 507 g/mol. The third kappa shape index (κ3) is 2.89.